The number of aromatic amines is 1. The van der Waals surface area contributed by atoms with Crippen molar-refractivity contribution >= 4 is 16.0 Å². The second kappa shape index (κ2) is 5.47. The molecule has 2 aromatic rings. The Kier molecular flexibility index (Phi) is 3.91. The van der Waals surface area contributed by atoms with E-state index in [4.69, 9.17) is 5.11 Å². The quantitative estimate of drug-likeness (QED) is 0.692. The molecule has 9 heteroatoms. The predicted molar refractivity (Wildman–Crippen MR) is 69.9 cm³/mol. The van der Waals surface area contributed by atoms with Gasteiger partial charge in [-0.15, -0.1) is 0 Å². The zero-order valence-electron chi connectivity index (χ0n) is 10.7. The summed E-state index contributed by atoms with van der Waals surface area (Å²) in [4.78, 5) is 13.0. The van der Waals surface area contributed by atoms with E-state index < -0.39 is 16.0 Å². The molecule has 2 aromatic heterocycles. The summed E-state index contributed by atoms with van der Waals surface area (Å²) < 4.78 is 27.9. The van der Waals surface area contributed by atoms with Gasteiger partial charge < -0.3 is 10.1 Å². The monoisotopic (exact) mass is 298 g/mol. The van der Waals surface area contributed by atoms with E-state index >= 15 is 0 Å². The molecular formula is C11H14N4O4S. The minimum Gasteiger partial charge on any atom is -0.477 e. The first-order valence-corrected chi connectivity index (χ1v) is 7.26. The molecule has 0 aliphatic carbocycles. The lowest BCUT2D eigenvalue weighted by Gasteiger charge is -2.03. The molecule has 0 radical (unpaired) electrons. The van der Waals surface area contributed by atoms with Gasteiger partial charge in [0.25, 0.3) is 0 Å². The van der Waals surface area contributed by atoms with E-state index in [9.17, 15) is 13.2 Å². The maximum absolute atomic E-state index is 11.9. The number of H-pyrrole nitrogens is 1. The smallest absolute Gasteiger partial charge is 0.352 e. The molecule has 3 N–H and O–H groups in total. The van der Waals surface area contributed by atoms with Gasteiger partial charge in [0.2, 0.25) is 10.0 Å². The Morgan fingerprint density at radius 3 is 2.85 bits per heavy atom. The number of aromatic nitrogens is 3. The van der Waals surface area contributed by atoms with E-state index in [0.29, 0.717) is 6.42 Å². The molecule has 0 aromatic carbocycles. The van der Waals surface area contributed by atoms with Crippen molar-refractivity contribution in [3.05, 3.63) is 35.9 Å². The fourth-order valence-corrected chi connectivity index (χ4v) is 2.69. The number of rotatable bonds is 6. The highest BCUT2D eigenvalue weighted by Gasteiger charge is 2.17. The van der Waals surface area contributed by atoms with Gasteiger partial charge in [0.1, 0.15) is 10.6 Å². The summed E-state index contributed by atoms with van der Waals surface area (Å²) in [5.41, 5.74) is 0.744. The number of sulfonamides is 1. The van der Waals surface area contributed by atoms with E-state index in [0.717, 1.165) is 17.8 Å². The van der Waals surface area contributed by atoms with Gasteiger partial charge in [-0.1, -0.05) is 0 Å². The molecule has 2 heterocycles. The van der Waals surface area contributed by atoms with Gasteiger partial charge >= 0.3 is 5.97 Å². The van der Waals surface area contributed by atoms with Crippen LogP contribution in [-0.4, -0.2) is 40.8 Å². The Morgan fingerprint density at radius 1 is 1.55 bits per heavy atom. The van der Waals surface area contributed by atoms with Crippen molar-refractivity contribution in [2.24, 2.45) is 7.05 Å². The van der Waals surface area contributed by atoms with Crippen molar-refractivity contribution in [2.45, 2.75) is 11.3 Å². The fourth-order valence-electron chi connectivity index (χ4n) is 1.67. The molecule has 108 valence electrons. The summed E-state index contributed by atoms with van der Waals surface area (Å²) in [6.45, 7) is 0.210. The van der Waals surface area contributed by atoms with Crippen LogP contribution in [0.25, 0.3) is 0 Å². The van der Waals surface area contributed by atoms with Gasteiger partial charge in [-0.05, 0) is 18.1 Å². The first kappa shape index (κ1) is 14.3. The normalized spacial score (nSPS) is 11.7. The topological polar surface area (TPSA) is 117 Å². The summed E-state index contributed by atoms with van der Waals surface area (Å²) in [7, 11) is -1.93. The average molecular weight is 298 g/mol. The van der Waals surface area contributed by atoms with Crippen LogP contribution in [0.1, 0.15) is 16.1 Å². The lowest BCUT2D eigenvalue weighted by molar-refractivity contribution is 0.0691. The molecule has 0 aliphatic heterocycles. The molecule has 0 fully saturated rings. The Balaban J connectivity index is 1.98. The third-order valence-electron chi connectivity index (χ3n) is 2.66. The van der Waals surface area contributed by atoms with E-state index in [-0.39, 0.29) is 17.1 Å². The number of nitrogens with zero attached hydrogens (tertiary/aromatic N) is 2. The first-order chi connectivity index (χ1) is 9.38. The second-order valence-electron chi connectivity index (χ2n) is 4.22. The number of nitrogens with one attached hydrogen (secondary N) is 2. The lowest BCUT2D eigenvalue weighted by Crippen LogP contribution is -2.25. The Morgan fingerprint density at radius 2 is 2.30 bits per heavy atom. The summed E-state index contributed by atoms with van der Waals surface area (Å²) in [5, 5.41) is 12.7. The molecular weight excluding hydrogens is 284 g/mol. The van der Waals surface area contributed by atoms with Crippen LogP contribution in [0.5, 0.6) is 0 Å². The minimum absolute atomic E-state index is 0.0962. The van der Waals surface area contributed by atoms with Crippen LogP contribution in [0.3, 0.4) is 0 Å². The van der Waals surface area contributed by atoms with Gasteiger partial charge in [0.15, 0.2) is 0 Å². The Hall–Kier alpha value is -2.13. The number of aromatic carboxylic acids is 1. The van der Waals surface area contributed by atoms with Crippen LogP contribution in [0.15, 0.2) is 29.6 Å². The third kappa shape index (κ3) is 3.25. The van der Waals surface area contributed by atoms with Crippen molar-refractivity contribution in [3.63, 3.8) is 0 Å². The Bertz CT molecular complexity index is 716. The molecule has 0 saturated heterocycles. The maximum Gasteiger partial charge on any atom is 0.352 e. The van der Waals surface area contributed by atoms with Crippen molar-refractivity contribution in [3.8, 4) is 0 Å². The number of carbonyl (C=O) groups is 1. The standard InChI is InChI=1S/C11H14N4O4S/c1-15-7-8(5-13-15)2-3-14-20(18,19)9-4-10(11(16)17)12-6-9/h4-7,12,14H,2-3H2,1H3,(H,16,17). The number of carboxylic acids is 1. The zero-order valence-corrected chi connectivity index (χ0v) is 11.5. The highest BCUT2D eigenvalue weighted by molar-refractivity contribution is 7.89. The third-order valence-corrected chi connectivity index (χ3v) is 4.10. The van der Waals surface area contributed by atoms with Gasteiger partial charge in [0, 0.05) is 26.0 Å². The fraction of sp³-hybridized carbons (Fsp3) is 0.273. The van der Waals surface area contributed by atoms with Crippen LogP contribution >= 0.6 is 0 Å². The molecule has 0 bridgehead atoms. The summed E-state index contributed by atoms with van der Waals surface area (Å²) in [6.07, 6.45) is 5.11. The van der Waals surface area contributed by atoms with Crippen molar-refractivity contribution < 1.29 is 18.3 Å². The van der Waals surface area contributed by atoms with Crippen LogP contribution in [-0.2, 0) is 23.5 Å². The van der Waals surface area contributed by atoms with Crippen LogP contribution in [0.2, 0.25) is 0 Å². The molecule has 0 aliphatic rings. The largest absolute Gasteiger partial charge is 0.477 e. The molecule has 0 unspecified atom stereocenters. The highest BCUT2D eigenvalue weighted by atomic mass is 32.2. The lowest BCUT2D eigenvalue weighted by atomic mass is 10.3. The predicted octanol–water partition coefficient (Wildman–Crippen LogP) is -0.0326. The van der Waals surface area contributed by atoms with E-state index in [1.807, 2.05) is 0 Å². The van der Waals surface area contributed by atoms with E-state index in [2.05, 4.69) is 14.8 Å². The summed E-state index contributed by atoms with van der Waals surface area (Å²) in [6, 6.07) is 1.08. The molecule has 0 spiro atoms. The van der Waals surface area contributed by atoms with E-state index in [1.54, 1.807) is 24.1 Å². The van der Waals surface area contributed by atoms with Gasteiger partial charge in [-0.3, -0.25) is 4.68 Å². The molecule has 20 heavy (non-hydrogen) atoms. The Labute approximate surface area is 115 Å². The molecule has 0 saturated carbocycles. The molecule has 8 nitrogen and oxygen atoms in total. The average Bonchev–Trinajstić information content (AvgIpc) is 2.98. The van der Waals surface area contributed by atoms with Crippen molar-refractivity contribution in [1.29, 1.82) is 0 Å². The van der Waals surface area contributed by atoms with Crippen LogP contribution < -0.4 is 4.72 Å². The highest BCUT2D eigenvalue weighted by Crippen LogP contribution is 2.10. The maximum atomic E-state index is 11.9. The number of hydrogen-bond donors (Lipinski definition) is 3. The zero-order chi connectivity index (χ0) is 14.8. The van der Waals surface area contributed by atoms with Crippen molar-refractivity contribution in [2.75, 3.05) is 6.54 Å². The molecule has 0 amide bonds. The second-order valence-corrected chi connectivity index (χ2v) is 5.99. The minimum atomic E-state index is -3.71. The number of hydrogen-bond acceptors (Lipinski definition) is 4. The van der Waals surface area contributed by atoms with Gasteiger partial charge in [-0.2, -0.15) is 5.10 Å². The SMILES string of the molecule is Cn1cc(CCNS(=O)(=O)c2c[nH]c(C(=O)O)c2)cn1. The first-order valence-electron chi connectivity index (χ1n) is 5.77. The summed E-state index contributed by atoms with van der Waals surface area (Å²) in [5.74, 6) is -1.21. The van der Waals surface area contributed by atoms with Crippen LogP contribution in [0, 0.1) is 0 Å². The van der Waals surface area contributed by atoms with Gasteiger partial charge in [-0.25, -0.2) is 17.9 Å². The molecule has 0 atom stereocenters. The van der Waals surface area contributed by atoms with Crippen molar-refractivity contribution in [1.82, 2.24) is 19.5 Å². The number of carboxylic acid groups (broad SMARTS) is 1. The van der Waals surface area contributed by atoms with Gasteiger partial charge in [0.05, 0.1) is 6.20 Å². The molecule has 2 rings (SSSR count). The van der Waals surface area contributed by atoms with Crippen LogP contribution in [0.4, 0.5) is 0 Å². The summed E-state index contributed by atoms with van der Waals surface area (Å²) >= 11 is 0. The van der Waals surface area contributed by atoms with E-state index in [1.165, 1.54) is 0 Å². The number of aryl methyl sites for hydroxylation is 1.